The SMILES string of the molecule is OP(O)(O)=S.OP(O)(O)=S.[CH2-]CCCCC.[Mo]. The molecule has 108 valence electrons. The van der Waals surface area contributed by atoms with Gasteiger partial charge in [0.05, 0.1) is 0 Å². The molecule has 0 saturated carbocycles. The van der Waals surface area contributed by atoms with Gasteiger partial charge in [0.15, 0.2) is 0 Å². The van der Waals surface area contributed by atoms with E-state index in [-0.39, 0.29) is 21.1 Å². The molecule has 0 aliphatic rings. The smallest absolute Gasteiger partial charge is 0.319 e. The first-order chi connectivity index (χ1) is 6.91. The van der Waals surface area contributed by atoms with Gasteiger partial charge in [-0.05, 0) is 23.6 Å². The molecule has 0 heterocycles. The first kappa shape index (κ1) is 27.2. The van der Waals surface area contributed by atoms with Gasteiger partial charge >= 0.3 is 13.4 Å². The summed E-state index contributed by atoms with van der Waals surface area (Å²) in [6.07, 6.45) is 5.07. The zero-order valence-electron chi connectivity index (χ0n) is 9.34. The third-order valence-corrected chi connectivity index (χ3v) is 0.854. The number of unbranched alkanes of at least 4 members (excludes halogenated alkanes) is 3. The minimum absolute atomic E-state index is 0. The minimum atomic E-state index is -3.81. The Morgan fingerprint density at radius 2 is 1.12 bits per heavy atom. The molecule has 0 fully saturated rings. The van der Waals surface area contributed by atoms with E-state index in [0.29, 0.717) is 0 Å². The Morgan fingerprint density at radius 3 is 1.18 bits per heavy atom. The summed E-state index contributed by atoms with van der Waals surface area (Å²) < 4.78 is 0. The summed E-state index contributed by atoms with van der Waals surface area (Å²) >= 11 is 7.21. The maximum atomic E-state index is 7.56. The van der Waals surface area contributed by atoms with Crippen LogP contribution < -0.4 is 0 Å². The molecule has 0 unspecified atom stereocenters. The molecule has 0 aromatic carbocycles. The quantitative estimate of drug-likeness (QED) is 0.175. The van der Waals surface area contributed by atoms with Crippen LogP contribution in [0.2, 0.25) is 0 Å². The Labute approximate surface area is 126 Å². The van der Waals surface area contributed by atoms with Gasteiger partial charge in [0.25, 0.3) is 0 Å². The van der Waals surface area contributed by atoms with Gasteiger partial charge in [0.2, 0.25) is 0 Å². The van der Waals surface area contributed by atoms with Gasteiger partial charge in [-0.2, -0.15) is 6.42 Å². The topological polar surface area (TPSA) is 121 Å². The van der Waals surface area contributed by atoms with Gasteiger partial charge in [0.1, 0.15) is 0 Å². The molecule has 0 aromatic rings. The molecule has 11 heteroatoms. The van der Waals surface area contributed by atoms with Crippen molar-refractivity contribution in [1.82, 2.24) is 0 Å². The molecular weight excluding hydrogens is 390 g/mol. The fraction of sp³-hybridized carbons (Fsp3) is 0.833. The van der Waals surface area contributed by atoms with Gasteiger partial charge in [-0.3, -0.25) is 0 Å². The largest absolute Gasteiger partial charge is 0.343 e. The first-order valence-corrected chi connectivity index (χ1v) is 9.59. The normalized spacial score (nSPS) is 10.1. The standard InChI is InChI=1S/C6H13.Mo.2H3O3PS/c1-3-5-6-4-2;;2*1-4(2,3)5/h1,3-6H2,2H3;;2*(H3,1,2,3,5)/q-1;;;. The Hall–Kier alpha value is 1.75. The Kier molecular flexibility index (Phi) is 25.2. The number of hydrogen-bond acceptors (Lipinski definition) is 2. The van der Waals surface area contributed by atoms with Crippen molar-refractivity contribution in [2.75, 3.05) is 0 Å². The predicted octanol–water partition coefficient (Wildman–Crippen LogP) is 0.774. The summed E-state index contributed by atoms with van der Waals surface area (Å²) in [5.41, 5.74) is 0. The molecular formula is C6H19MoO6P2S2-. The van der Waals surface area contributed by atoms with Gasteiger partial charge in [-0.25, -0.2) is 0 Å². The monoisotopic (exact) mass is 411 g/mol. The molecule has 17 heavy (non-hydrogen) atoms. The third kappa shape index (κ3) is 195. The fourth-order valence-corrected chi connectivity index (χ4v) is 0.427. The van der Waals surface area contributed by atoms with Gasteiger partial charge < -0.3 is 36.3 Å². The second-order valence-corrected chi connectivity index (χ2v) is 7.58. The van der Waals surface area contributed by atoms with E-state index in [4.69, 9.17) is 29.4 Å². The van der Waals surface area contributed by atoms with Crippen LogP contribution in [0.15, 0.2) is 0 Å². The number of rotatable bonds is 3. The average Bonchev–Trinajstić information content (AvgIpc) is 1.94. The molecule has 0 saturated heterocycles. The van der Waals surface area contributed by atoms with Crippen LogP contribution in [-0.4, -0.2) is 29.4 Å². The average molecular weight is 409 g/mol. The molecule has 0 aliphatic carbocycles. The zero-order valence-corrected chi connectivity index (χ0v) is 14.8. The van der Waals surface area contributed by atoms with E-state index < -0.39 is 13.4 Å². The van der Waals surface area contributed by atoms with E-state index in [9.17, 15) is 0 Å². The van der Waals surface area contributed by atoms with Crippen LogP contribution in [0, 0.1) is 6.92 Å². The maximum Gasteiger partial charge on any atom is 0.319 e. The van der Waals surface area contributed by atoms with Crippen LogP contribution in [-0.2, 0) is 44.7 Å². The molecule has 6 N–H and O–H groups in total. The second kappa shape index (κ2) is 15.8. The molecule has 0 aliphatic heterocycles. The number of hydrogen-bond donors (Lipinski definition) is 6. The molecule has 0 radical (unpaired) electrons. The van der Waals surface area contributed by atoms with Crippen molar-refractivity contribution >= 4 is 37.1 Å². The Balaban J connectivity index is -0.0000000729. The Bertz CT molecular complexity index is 190. The van der Waals surface area contributed by atoms with E-state index in [0.717, 1.165) is 6.42 Å². The first-order valence-electron chi connectivity index (χ1n) is 4.27. The molecule has 0 bridgehead atoms. The molecule has 6 nitrogen and oxygen atoms in total. The van der Waals surface area contributed by atoms with Crippen LogP contribution in [0.3, 0.4) is 0 Å². The molecule has 0 aromatic heterocycles. The second-order valence-electron chi connectivity index (χ2n) is 2.59. The van der Waals surface area contributed by atoms with Crippen molar-refractivity contribution in [1.29, 1.82) is 0 Å². The van der Waals surface area contributed by atoms with Crippen LogP contribution in [0.4, 0.5) is 0 Å². The summed E-state index contributed by atoms with van der Waals surface area (Å²) in [4.78, 5) is 45.3. The van der Waals surface area contributed by atoms with Crippen molar-refractivity contribution in [2.24, 2.45) is 0 Å². The zero-order chi connectivity index (χ0) is 13.8. The van der Waals surface area contributed by atoms with Crippen LogP contribution in [0.5, 0.6) is 0 Å². The summed E-state index contributed by atoms with van der Waals surface area (Å²) in [6, 6.07) is 0. The van der Waals surface area contributed by atoms with Gasteiger partial charge in [-0.1, -0.05) is 26.2 Å². The third-order valence-electron chi connectivity index (χ3n) is 0.854. The molecule has 0 atom stereocenters. The summed E-state index contributed by atoms with van der Waals surface area (Å²) in [5, 5.41) is 0. The summed E-state index contributed by atoms with van der Waals surface area (Å²) in [5.74, 6) is 0. The van der Waals surface area contributed by atoms with E-state index in [1.54, 1.807) is 0 Å². The van der Waals surface area contributed by atoms with Crippen LogP contribution >= 0.6 is 13.4 Å². The van der Waals surface area contributed by atoms with E-state index >= 15 is 0 Å². The van der Waals surface area contributed by atoms with Crippen molar-refractivity contribution in [3.63, 3.8) is 0 Å². The van der Waals surface area contributed by atoms with E-state index in [1.807, 2.05) is 0 Å². The van der Waals surface area contributed by atoms with E-state index in [2.05, 4.69) is 37.5 Å². The summed E-state index contributed by atoms with van der Waals surface area (Å²) in [7, 11) is 0. The fourth-order valence-electron chi connectivity index (χ4n) is 0.427. The van der Waals surface area contributed by atoms with Crippen molar-refractivity contribution in [2.45, 2.75) is 32.6 Å². The van der Waals surface area contributed by atoms with Gasteiger partial charge in [0, 0.05) is 21.1 Å². The Morgan fingerprint density at radius 1 is 0.882 bits per heavy atom. The molecule has 0 amide bonds. The van der Waals surface area contributed by atoms with Crippen molar-refractivity contribution in [3.8, 4) is 0 Å². The predicted molar refractivity (Wildman–Crippen MR) is 71.4 cm³/mol. The van der Waals surface area contributed by atoms with E-state index in [1.165, 1.54) is 19.3 Å². The molecule has 0 spiro atoms. The van der Waals surface area contributed by atoms with Crippen LogP contribution in [0.1, 0.15) is 32.6 Å². The maximum absolute atomic E-state index is 7.56. The summed E-state index contributed by atoms with van der Waals surface area (Å²) in [6.45, 7) is -1.68. The minimum Gasteiger partial charge on any atom is -0.343 e. The van der Waals surface area contributed by atoms with Crippen molar-refractivity contribution < 1.29 is 50.4 Å². The van der Waals surface area contributed by atoms with Gasteiger partial charge in [-0.15, -0.1) is 0 Å². The van der Waals surface area contributed by atoms with Crippen molar-refractivity contribution in [3.05, 3.63) is 6.92 Å². The molecule has 0 rings (SSSR count). The van der Waals surface area contributed by atoms with Crippen LogP contribution in [0.25, 0.3) is 0 Å².